The molecule has 8 heteroatoms. The molecule has 6 rings (SSSR count). The number of para-hydroxylation sites is 1. The summed E-state index contributed by atoms with van der Waals surface area (Å²) >= 11 is 0. The van der Waals surface area contributed by atoms with Gasteiger partial charge in [0.1, 0.15) is 6.04 Å². The molecule has 3 heterocycles. The van der Waals surface area contributed by atoms with Gasteiger partial charge in [0.05, 0.1) is 0 Å². The normalized spacial score (nSPS) is 15.4. The third-order valence-corrected chi connectivity index (χ3v) is 8.78. The van der Waals surface area contributed by atoms with Gasteiger partial charge in [-0.2, -0.15) is 0 Å². The Labute approximate surface area is 259 Å². The van der Waals surface area contributed by atoms with Crippen LogP contribution in [-0.2, 0) is 28.9 Å². The molecule has 4 aromatic rings. The van der Waals surface area contributed by atoms with Gasteiger partial charge in [-0.25, -0.2) is 0 Å². The van der Waals surface area contributed by atoms with Crippen molar-refractivity contribution in [1.82, 2.24) is 20.5 Å². The van der Waals surface area contributed by atoms with E-state index in [9.17, 15) is 9.59 Å². The van der Waals surface area contributed by atoms with Crippen LogP contribution in [0.1, 0.15) is 48.8 Å². The van der Waals surface area contributed by atoms with Gasteiger partial charge in [0.2, 0.25) is 18.6 Å². The number of likely N-dealkylation sites (tertiary alicyclic amines) is 1. The quantitative estimate of drug-likeness (QED) is 0.186. The molecule has 1 fully saturated rings. The van der Waals surface area contributed by atoms with E-state index in [0.717, 1.165) is 72.2 Å². The average molecular weight is 595 g/mol. The topological polar surface area (TPSA) is 95.7 Å². The molecule has 0 bridgehead atoms. The third-order valence-electron chi connectivity index (χ3n) is 8.78. The first-order chi connectivity index (χ1) is 21.6. The lowest BCUT2D eigenvalue weighted by atomic mass is 10.00. The van der Waals surface area contributed by atoms with Crippen molar-refractivity contribution in [3.8, 4) is 11.5 Å². The second kappa shape index (κ2) is 14.4. The van der Waals surface area contributed by atoms with Crippen LogP contribution >= 0.6 is 0 Å². The molecule has 0 unspecified atom stereocenters. The molecule has 0 aliphatic carbocycles. The van der Waals surface area contributed by atoms with Gasteiger partial charge in [0, 0.05) is 49.1 Å². The number of ether oxygens (including phenoxy) is 2. The Bertz CT molecular complexity index is 1540. The van der Waals surface area contributed by atoms with Crippen LogP contribution in [0.3, 0.4) is 0 Å². The molecular formula is C36H42N4O4. The van der Waals surface area contributed by atoms with Crippen LogP contribution in [0, 0.1) is 0 Å². The van der Waals surface area contributed by atoms with E-state index in [0.29, 0.717) is 45.2 Å². The van der Waals surface area contributed by atoms with Crippen molar-refractivity contribution in [1.29, 1.82) is 0 Å². The van der Waals surface area contributed by atoms with Gasteiger partial charge in [-0.1, -0.05) is 54.6 Å². The lowest BCUT2D eigenvalue weighted by molar-refractivity contribution is -0.137. The summed E-state index contributed by atoms with van der Waals surface area (Å²) in [4.78, 5) is 32.2. The molecule has 2 amide bonds. The summed E-state index contributed by atoms with van der Waals surface area (Å²) in [5.41, 5.74) is 4.46. The van der Waals surface area contributed by atoms with E-state index in [1.165, 1.54) is 5.56 Å². The Kier molecular flexibility index (Phi) is 9.77. The zero-order chi connectivity index (χ0) is 30.1. The predicted octanol–water partition coefficient (Wildman–Crippen LogP) is 5.16. The molecule has 3 N–H and O–H groups in total. The van der Waals surface area contributed by atoms with Gasteiger partial charge >= 0.3 is 0 Å². The molecule has 8 nitrogen and oxygen atoms in total. The second-order valence-electron chi connectivity index (χ2n) is 11.9. The minimum atomic E-state index is -0.599. The SMILES string of the molecule is O=C(CCc1ccccc1)N[C@H](Cc1c[nH]c2ccccc12)C(=O)N1CCC(NCCCCc2ccc3c(c2)OCO3)CC1. The van der Waals surface area contributed by atoms with Gasteiger partial charge in [-0.15, -0.1) is 0 Å². The molecule has 0 saturated carbocycles. The lowest BCUT2D eigenvalue weighted by Gasteiger charge is -2.35. The first-order valence-electron chi connectivity index (χ1n) is 15.9. The largest absolute Gasteiger partial charge is 0.454 e. The number of nitrogens with zero attached hydrogens (tertiary/aromatic N) is 1. The van der Waals surface area contributed by atoms with Gasteiger partial charge < -0.3 is 30.0 Å². The third kappa shape index (κ3) is 7.61. The first-order valence-corrected chi connectivity index (χ1v) is 15.9. The summed E-state index contributed by atoms with van der Waals surface area (Å²) in [5.74, 6) is 1.59. The van der Waals surface area contributed by atoms with Crippen molar-refractivity contribution in [2.24, 2.45) is 0 Å². The number of carbonyl (C=O) groups is 2. The summed E-state index contributed by atoms with van der Waals surface area (Å²) in [6.07, 6.45) is 8.45. The molecule has 1 saturated heterocycles. The highest BCUT2D eigenvalue weighted by atomic mass is 16.7. The van der Waals surface area contributed by atoms with Crippen LogP contribution < -0.4 is 20.1 Å². The molecule has 44 heavy (non-hydrogen) atoms. The maximum Gasteiger partial charge on any atom is 0.245 e. The molecule has 230 valence electrons. The van der Waals surface area contributed by atoms with Gasteiger partial charge in [-0.3, -0.25) is 9.59 Å². The van der Waals surface area contributed by atoms with E-state index >= 15 is 0 Å². The van der Waals surface area contributed by atoms with Crippen LogP contribution in [0.2, 0.25) is 0 Å². The fraction of sp³-hybridized carbons (Fsp3) is 0.389. The molecule has 0 radical (unpaired) electrons. The number of nitrogens with one attached hydrogen (secondary N) is 3. The maximum atomic E-state index is 13.8. The highest BCUT2D eigenvalue weighted by molar-refractivity contribution is 5.89. The fourth-order valence-corrected chi connectivity index (χ4v) is 6.27. The van der Waals surface area contributed by atoms with Crippen molar-refractivity contribution in [2.45, 2.75) is 63.5 Å². The number of carbonyl (C=O) groups excluding carboxylic acids is 2. The Hall–Kier alpha value is -4.30. The van der Waals surface area contributed by atoms with E-state index in [-0.39, 0.29) is 11.8 Å². The highest BCUT2D eigenvalue weighted by Crippen LogP contribution is 2.32. The molecule has 0 spiro atoms. The van der Waals surface area contributed by atoms with Crippen LogP contribution in [0.4, 0.5) is 0 Å². The van der Waals surface area contributed by atoms with Gasteiger partial charge in [0.25, 0.3) is 0 Å². The predicted molar refractivity (Wildman–Crippen MR) is 172 cm³/mol. The number of aromatic nitrogens is 1. The first kappa shape index (κ1) is 29.8. The molecule has 1 aromatic heterocycles. The van der Waals surface area contributed by atoms with Crippen LogP contribution in [0.25, 0.3) is 10.9 Å². The van der Waals surface area contributed by atoms with Crippen molar-refractivity contribution in [3.63, 3.8) is 0 Å². The van der Waals surface area contributed by atoms with Crippen LogP contribution in [-0.4, -0.2) is 60.2 Å². The summed E-state index contributed by atoms with van der Waals surface area (Å²) in [5, 5.41) is 7.89. The summed E-state index contributed by atoms with van der Waals surface area (Å²) in [6, 6.07) is 24.1. The standard InChI is InChI=1S/C36H42N4O4/c41-35(16-14-26-8-2-1-3-9-26)39-32(23-28-24-38-31-12-5-4-11-30(28)31)36(42)40-20-17-29(18-21-40)37-19-7-6-10-27-13-15-33-34(22-27)44-25-43-33/h1-5,8-9,11-13,15,22,24,29,32,37-38H,6-7,10,14,16-21,23,25H2,(H,39,41)/t32-/m1/s1. The second-order valence-corrected chi connectivity index (χ2v) is 11.9. The van der Waals surface area contributed by atoms with E-state index in [4.69, 9.17) is 9.47 Å². The number of benzene rings is 3. The molecule has 1 atom stereocenters. The number of amides is 2. The number of hydrogen-bond acceptors (Lipinski definition) is 5. The Morgan fingerprint density at radius 2 is 1.68 bits per heavy atom. The number of piperidine rings is 1. The van der Waals surface area contributed by atoms with E-state index in [1.807, 2.05) is 65.7 Å². The molecule has 2 aliphatic rings. The van der Waals surface area contributed by atoms with E-state index in [2.05, 4.69) is 33.8 Å². The number of unbranched alkanes of at least 4 members (excludes halogenated alkanes) is 1. The maximum absolute atomic E-state index is 13.8. The highest BCUT2D eigenvalue weighted by Gasteiger charge is 2.30. The van der Waals surface area contributed by atoms with E-state index < -0.39 is 6.04 Å². The Morgan fingerprint density at radius 1 is 0.886 bits per heavy atom. The minimum Gasteiger partial charge on any atom is -0.454 e. The van der Waals surface area contributed by atoms with E-state index in [1.54, 1.807) is 0 Å². The number of hydrogen-bond donors (Lipinski definition) is 3. The number of fused-ring (bicyclic) bond motifs is 2. The van der Waals surface area contributed by atoms with Crippen LogP contribution in [0.15, 0.2) is 79.0 Å². The number of aromatic amines is 1. The average Bonchev–Trinajstić information content (AvgIpc) is 3.71. The fourth-order valence-electron chi connectivity index (χ4n) is 6.27. The van der Waals surface area contributed by atoms with Crippen molar-refractivity contribution in [3.05, 3.63) is 95.7 Å². The molecule has 2 aliphatic heterocycles. The lowest BCUT2D eigenvalue weighted by Crippen LogP contribution is -2.53. The Balaban J connectivity index is 0.986. The Morgan fingerprint density at radius 3 is 2.55 bits per heavy atom. The molecule has 3 aromatic carbocycles. The smallest absolute Gasteiger partial charge is 0.245 e. The van der Waals surface area contributed by atoms with Crippen molar-refractivity contribution < 1.29 is 19.1 Å². The number of aryl methyl sites for hydroxylation is 2. The van der Waals surface area contributed by atoms with Crippen molar-refractivity contribution in [2.75, 3.05) is 26.4 Å². The van der Waals surface area contributed by atoms with Crippen molar-refractivity contribution >= 4 is 22.7 Å². The van der Waals surface area contributed by atoms with Crippen LogP contribution in [0.5, 0.6) is 11.5 Å². The number of rotatable bonds is 13. The molecular weight excluding hydrogens is 552 g/mol. The van der Waals surface area contributed by atoms with Gasteiger partial charge in [-0.05, 0) is 80.0 Å². The summed E-state index contributed by atoms with van der Waals surface area (Å²) in [6.45, 7) is 2.65. The minimum absolute atomic E-state index is 0.00511. The number of H-pyrrole nitrogens is 1. The zero-order valence-corrected chi connectivity index (χ0v) is 25.2. The van der Waals surface area contributed by atoms with Gasteiger partial charge in [0.15, 0.2) is 11.5 Å². The summed E-state index contributed by atoms with van der Waals surface area (Å²) < 4.78 is 10.9. The summed E-state index contributed by atoms with van der Waals surface area (Å²) in [7, 11) is 0. The monoisotopic (exact) mass is 594 g/mol. The zero-order valence-electron chi connectivity index (χ0n) is 25.2.